The second-order valence-corrected chi connectivity index (χ2v) is 5.07. The lowest BCUT2D eigenvalue weighted by atomic mass is 9.86. The Morgan fingerprint density at radius 1 is 1.44 bits per heavy atom. The first-order valence-corrected chi connectivity index (χ1v) is 5.46. The highest BCUT2D eigenvalue weighted by molar-refractivity contribution is 6.30. The Morgan fingerprint density at radius 3 is 2.56 bits per heavy atom. The number of nitrogens with one attached hydrogen (secondary N) is 1. The number of hydrogen-bond donors (Lipinski definition) is 1. The Bertz CT molecular complexity index is 418. The van der Waals surface area contributed by atoms with Crippen LogP contribution < -0.4 is 5.32 Å². The third-order valence-electron chi connectivity index (χ3n) is 2.23. The van der Waals surface area contributed by atoms with E-state index in [1.54, 1.807) is 6.07 Å². The molecule has 1 amide bonds. The van der Waals surface area contributed by atoms with Crippen molar-refractivity contribution in [2.75, 3.05) is 5.32 Å². The maximum absolute atomic E-state index is 11.3. The summed E-state index contributed by atoms with van der Waals surface area (Å²) in [6.07, 6.45) is 1.25. The van der Waals surface area contributed by atoms with Crippen molar-refractivity contribution in [2.45, 2.75) is 26.2 Å². The number of hydrogen-bond acceptors (Lipinski definition) is 1. The molecule has 3 heteroatoms. The Labute approximate surface area is 101 Å². The van der Waals surface area contributed by atoms with Crippen LogP contribution in [0.3, 0.4) is 0 Å². The molecule has 0 spiro atoms. The molecule has 2 nitrogen and oxygen atoms in total. The van der Waals surface area contributed by atoms with E-state index in [0.717, 1.165) is 11.3 Å². The summed E-state index contributed by atoms with van der Waals surface area (Å²) >= 11 is 5.96. The molecule has 0 radical (unpaired) electrons. The zero-order chi connectivity index (χ0) is 12.3. The van der Waals surface area contributed by atoms with E-state index in [9.17, 15) is 4.79 Å². The standard InChI is InChI=1S/C13H16ClNO/c1-5-12(16)15-11-7-6-9(14)8-10(11)13(2,3)4/h5-8H,1H2,2-4H3,(H,15,16). The summed E-state index contributed by atoms with van der Waals surface area (Å²) in [6, 6.07) is 5.44. The summed E-state index contributed by atoms with van der Waals surface area (Å²) in [5, 5.41) is 3.45. The molecule has 0 atom stereocenters. The molecular weight excluding hydrogens is 222 g/mol. The SMILES string of the molecule is C=CC(=O)Nc1ccc(Cl)cc1C(C)(C)C. The zero-order valence-electron chi connectivity index (χ0n) is 9.80. The molecular formula is C13H16ClNO. The van der Waals surface area contributed by atoms with Gasteiger partial charge in [-0.1, -0.05) is 39.0 Å². The number of carbonyl (C=O) groups is 1. The van der Waals surface area contributed by atoms with Gasteiger partial charge in [0.2, 0.25) is 5.91 Å². The summed E-state index contributed by atoms with van der Waals surface area (Å²) in [5.41, 5.74) is 1.71. The van der Waals surface area contributed by atoms with Gasteiger partial charge in [0.15, 0.2) is 0 Å². The van der Waals surface area contributed by atoms with Crippen LogP contribution >= 0.6 is 11.6 Å². The second-order valence-electron chi connectivity index (χ2n) is 4.63. The van der Waals surface area contributed by atoms with Gasteiger partial charge in [-0.05, 0) is 35.3 Å². The summed E-state index contributed by atoms with van der Waals surface area (Å²) in [4.78, 5) is 11.3. The van der Waals surface area contributed by atoms with Crippen molar-refractivity contribution >= 4 is 23.2 Å². The molecule has 0 unspecified atom stereocenters. The van der Waals surface area contributed by atoms with Crippen molar-refractivity contribution in [1.29, 1.82) is 0 Å². The molecule has 0 bridgehead atoms. The van der Waals surface area contributed by atoms with E-state index >= 15 is 0 Å². The molecule has 0 saturated heterocycles. The molecule has 16 heavy (non-hydrogen) atoms. The van der Waals surface area contributed by atoms with Gasteiger partial charge < -0.3 is 5.32 Å². The minimum atomic E-state index is -0.215. The topological polar surface area (TPSA) is 29.1 Å². The molecule has 1 aromatic rings. The number of benzene rings is 1. The van der Waals surface area contributed by atoms with Gasteiger partial charge in [-0.3, -0.25) is 4.79 Å². The Balaban J connectivity index is 3.18. The van der Waals surface area contributed by atoms with Gasteiger partial charge in [0.05, 0.1) is 0 Å². The third kappa shape index (κ3) is 3.11. The Morgan fingerprint density at radius 2 is 2.06 bits per heavy atom. The average molecular weight is 238 g/mol. The first-order chi connectivity index (χ1) is 7.34. The highest BCUT2D eigenvalue weighted by Gasteiger charge is 2.18. The lowest BCUT2D eigenvalue weighted by Gasteiger charge is -2.23. The first kappa shape index (κ1) is 12.8. The maximum atomic E-state index is 11.3. The van der Waals surface area contributed by atoms with E-state index in [2.05, 4.69) is 32.7 Å². The minimum absolute atomic E-state index is 0.0747. The molecule has 86 valence electrons. The van der Waals surface area contributed by atoms with Crippen LogP contribution in [-0.4, -0.2) is 5.91 Å². The number of anilines is 1. The lowest BCUT2D eigenvalue weighted by Crippen LogP contribution is -2.17. The predicted molar refractivity (Wildman–Crippen MR) is 69.0 cm³/mol. The van der Waals surface area contributed by atoms with Gasteiger partial charge in [0.1, 0.15) is 0 Å². The maximum Gasteiger partial charge on any atom is 0.247 e. The van der Waals surface area contributed by atoms with Gasteiger partial charge >= 0.3 is 0 Å². The van der Waals surface area contributed by atoms with Gasteiger partial charge in [-0.2, -0.15) is 0 Å². The quantitative estimate of drug-likeness (QED) is 0.780. The van der Waals surface area contributed by atoms with E-state index in [0.29, 0.717) is 5.02 Å². The van der Waals surface area contributed by atoms with Crippen molar-refractivity contribution in [2.24, 2.45) is 0 Å². The fourth-order valence-corrected chi connectivity index (χ4v) is 1.60. The molecule has 0 aliphatic carbocycles. The minimum Gasteiger partial charge on any atom is -0.322 e. The van der Waals surface area contributed by atoms with E-state index in [1.807, 2.05) is 12.1 Å². The van der Waals surface area contributed by atoms with Crippen molar-refractivity contribution < 1.29 is 4.79 Å². The van der Waals surface area contributed by atoms with E-state index in [-0.39, 0.29) is 11.3 Å². The van der Waals surface area contributed by atoms with Crippen molar-refractivity contribution in [3.63, 3.8) is 0 Å². The van der Waals surface area contributed by atoms with Crippen LogP contribution in [0.2, 0.25) is 5.02 Å². The molecule has 0 aromatic heterocycles. The smallest absolute Gasteiger partial charge is 0.247 e. The highest BCUT2D eigenvalue weighted by atomic mass is 35.5. The fraction of sp³-hybridized carbons (Fsp3) is 0.308. The summed E-state index contributed by atoms with van der Waals surface area (Å²) in [7, 11) is 0. The summed E-state index contributed by atoms with van der Waals surface area (Å²) in [6.45, 7) is 9.64. The van der Waals surface area contributed by atoms with Crippen molar-refractivity contribution in [3.8, 4) is 0 Å². The fourth-order valence-electron chi connectivity index (χ4n) is 1.43. The third-order valence-corrected chi connectivity index (χ3v) is 2.47. The number of amides is 1. The first-order valence-electron chi connectivity index (χ1n) is 5.08. The molecule has 0 heterocycles. The number of halogens is 1. The van der Waals surface area contributed by atoms with Crippen molar-refractivity contribution in [1.82, 2.24) is 0 Å². The molecule has 1 N–H and O–H groups in total. The molecule has 1 aromatic carbocycles. The number of carbonyl (C=O) groups excluding carboxylic acids is 1. The summed E-state index contributed by atoms with van der Waals surface area (Å²) < 4.78 is 0. The van der Waals surface area contributed by atoms with E-state index < -0.39 is 0 Å². The molecule has 0 fully saturated rings. The van der Waals surface area contributed by atoms with Crippen LogP contribution in [0.25, 0.3) is 0 Å². The van der Waals surface area contributed by atoms with Crippen LogP contribution in [0, 0.1) is 0 Å². The summed E-state index contributed by atoms with van der Waals surface area (Å²) in [5.74, 6) is -0.215. The Kier molecular flexibility index (Phi) is 3.76. The monoisotopic (exact) mass is 237 g/mol. The van der Waals surface area contributed by atoms with Crippen LogP contribution in [0.1, 0.15) is 26.3 Å². The average Bonchev–Trinajstić information content (AvgIpc) is 2.19. The Hall–Kier alpha value is -1.28. The molecule has 0 saturated carbocycles. The van der Waals surface area contributed by atoms with Gasteiger partial charge in [0, 0.05) is 10.7 Å². The van der Waals surface area contributed by atoms with E-state index in [1.165, 1.54) is 6.08 Å². The second kappa shape index (κ2) is 4.71. The van der Waals surface area contributed by atoms with Gasteiger partial charge in [-0.15, -0.1) is 0 Å². The van der Waals surface area contributed by atoms with Crippen LogP contribution in [-0.2, 0) is 10.2 Å². The van der Waals surface area contributed by atoms with Crippen LogP contribution in [0.4, 0.5) is 5.69 Å². The lowest BCUT2D eigenvalue weighted by molar-refractivity contribution is -0.111. The van der Waals surface area contributed by atoms with Crippen LogP contribution in [0.15, 0.2) is 30.9 Å². The van der Waals surface area contributed by atoms with E-state index in [4.69, 9.17) is 11.6 Å². The normalized spacial score (nSPS) is 11.0. The molecule has 1 rings (SSSR count). The highest BCUT2D eigenvalue weighted by Crippen LogP contribution is 2.31. The van der Waals surface area contributed by atoms with Crippen molar-refractivity contribution in [3.05, 3.63) is 41.4 Å². The van der Waals surface area contributed by atoms with Gasteiger partial charge in [-0.25, -0.2) is 0 Å². The van der Waals surface area contributed by atoms with Gasteiger partial charge in [0.25, 0.3) is 0 Å². The zero-order valence-corrected chi connectivity index (χ0v) is 10.6. The number of rotatable bonds is 2. The predicted octanol–water partition coefficient (Wildman–Crippen LogP) is 3.76. The molecule has 0 aliphatic rings. The largest absolute Gasteiger partial charge is 0.322 e. The molecule has 0 aliphatic heterocycles. The van der Waals surface area contributed by atoms with Crippen LogP contribution in [0.5, 0.6) is 0 Å².